The van der Waals surface area contributed by atoms with E-state index >= 15 is 0 Å². The molecule has 60 heavy (non-hydrogen) atoms. The number of nitrogens with zero attached hydrogens (tertiary/aromatic N) is 2. The molecule has 10 rings (SSSR count). The number of halogens is 3. The van der Waals surface area contributed by atoms with Gasteiger partial charge in [0, 0.05) is 49.7 Å². The Balaban J connectivity index is 1.38. The van der Waals surface area contributed by atoms with Crippen molar-refractivity contribution in [3.63, 3.8) is 0 Å². The summed E-state index contributed by atoms with van der Waals surface area (Å²) in [6.07, 6.45) is 7.78. The van der Waals surface area contributed by atoms with E-state index in [2.05, 4.69) is 22.1 Å². The highest BCUT2D eigenvalue weighted by molar-refractivity contribution is 7.88. The first-order chi connectivity index (χ1) is 29.1. The van der Waals surface area contributed by atoms with Crippen molar-refractivity contribution in [2.24, 2.45) is 0 Å². The van der Waals surface area contributed by atoms with E-state index in [0.717, 1.165) is 50.1 Å². The second-order valence-electron chi connectivity index (χ2n) is 14.2. The number of alkyl halides is 3. The fourth-order valence-corrected chi connectivity index (χ4v) is 8.43. The topological polar surface area (TPSA) is 101 Å². The molecule has 5 heterocycles. The van der Waals surface area contributed by atoms with Crippen molar-refractivity contribution >= 4 is 67.3 Å². The average molecular weight is 813 g/mol. The van der Waals surface area contributed by atoms with Crippen LogP contribution in [0.3, 0.4) is 0 Å². The molecule has 0 saturated carbocycles. The minimum atomic E-state index is -6.01. The molecule has 11 heteroatoms. The van der Waals surface area contributed by atoms with Gasteiger partial charge >= 0.3 is 15.6 Å². The second-order valence-corrected chi connectivity index (χ2v) is 15.8. The summed E-state index contributed by atoms with van der Waals surface area (Å²) in [6.45, 7) is 0. The van der Waals surface area contributed by atoms with Crippen LogP contribution in [0.15, 0.2) is 152 Å². The summed E-state index contributed by atoms with van der Waals surface area (Å²) in [6, 6.07) is 47.3. The number of hydrogen-bond acceptors (Lipinski definition) is 5. The molecule has 0 aliphatic carbocycles. The summed E-state index contributed by atoms with van der Waals surface area (Å²) in [5.74, 6) is -0.468. The third kappa shape index (κ3) is 6.45. The predicted octanol–water partition coefficient (Wildman–Crippen LogP) is 12.7. The average Bonchev–Trinajstić information content (AvgIpc) is 4.10. The van der Waals surface area contributed by atoms with E-state index in [1.807, 2.05) is 127 Å². The molecule has 2 aliphatic heterocycles. The Morgan fingerprint density at radius 3 is 1.25 bits per heavy atom. The lowest BCUT2D eigenvalue weighted by Gasteiger charge is -2.15. The molecule has 7 nitrogen and oxygen atoms in total. The minimum Gasteiger partial charge on any atom is -0.375 e. The Bertz CT molecular complexity index is 3300. The first kappa shape index (κ1) is 36.8. The summed E-state index contributed by atoms with van der Waals surface area (Å²) in [5.41, 5.74) is 6.11. The van der Waals surface area contributed by atoms with Gasteiger partial charge in [0.2, 0.25) is 0 Å². The van der Waals surface area contributed by atoms with Crippen LogP contribution in [0, 0.1) is 0 Å². The summed E-state index contributed by atoms with van der Waals surface area (Å²) < 4.78 is 71.1. The Kier molecular flexibility index (Phi) is 8.84. The fourth-order valence-electron chi connectivity index (χ4n) is 7.96. The van der Waals surface area contributed by atoms with Gasteiger partial charge in [0.1, 0.15) is 0 Å². The lowest BCUT2D eigenvalue weighted by Crippen LogP contribution is -2.28. The molecular formula is C49H31F3N4O3S. The van der Waals surface area contributed by atoms with Crippen molar-refractivity contribution in [3.05, 3.63) is 174 Å². The maximum absolute atomic E-state index is 13.8. The molecular weight excluding hydrogens is 782 g/mol. The normalized spacial score (nSPS) is 12.6. The van der Waals surface area contributed by atoms with Gasteiger partial charge < -0.3 is 14.2 Å². The largest absolute Gasteiger partial charge is 0.534 e. The van der Waals surface area contributed by atoms with Gasteiger partial charge in [0.15, 0.2) is 5.75 Å². The van der Waals surface area contributed by atoms with Crippen molar-refractivity contribution in [2.75, 3.05) is 0 Å². The van der Waals surface area contributed by atoms with E-state index in [1.165, 1.54) is 12.1 Å². The lowest BCUT2D eigenvalue weighted by atomic mass is 9.96. The number of H-pyrrole nitrogens is 2. The van der Waals surface area contributed by atoms with Crippen LogP contribution < -0.4 is 4.18 Å². The maximum Gasteiger partial charge on any atom is 0.534 e. The smallest absolute Gasteiger partial charge is 0.375 e. The Morgan fingerprint density at radius 2 is 0.833 bits per heavy atom. The van der Waals surface area contributed by atoms with Crippen LogP contribution in [-0.2, 0) is 10.1 Å². The molecule has 2 aliphatic rings. The standard InChI is InChI=1S/C49H31F3N4O3S/c50-49(51,52)60(57,58)59-43-21-11-19-30-18-10-20-34(44(30)43)48-41-28-26-39(55-41)46(32-14-6-2-7-15-32)37-24-22-35(53-37)45(31-12-4-1-5-13-31)36-23-25-38(54-36)47(33-16-8-3-9-17-33)40-27-29-42(48)56-40/h1-29,53,56H. The highest BCUT2D eigenvalue weighted by Crippen LogP contribution is 2.43. The van der Waals surface area contributed by atoms with Gasteiger partial charge in [-0.15, -0.1) is 0 Å². The van der Waals surface area contributed by atoms with Crippen LogP contribution in [0.2, 0.25) is 0 Å². The molecule has 2 N–H and O–H groups in total. The monoisotopic (exact) mass is 812 g/mol. The van der Waals surface area contributed by atoms with E-state index in [0.29, 0.717) is 44.6 Å². The van der Waals surface area contributed by atoms with Gasteiger partial charge in [-0.3, -0.25) is 0 Å². The van der Waals surface area contributed by atoms with Crippen LogP contribution >= 0.6 is 0 Å². The number of hydrogen-bond donors (Lipinski definition) is 2. The molecule has 0 saturated heterocycles. The van der Waals surface area contributed by atoms with E-state index in [1.54, 1.807) is 24.3 Å². The maximum atomic E-state index is 13.8. The third-order valence-corrected chi connectivity index (χ3v) is 11.5. The molecule has 0 spiro atoms. The van der Waals surface area contributed by atoms with Gasteiger partial charge in [0.05, 0.1) is 22.8 Å². The van der Waals surface area contributed by atoms with E-state index in [4.69, 9.17) is 14.2 Å². The van der Waals surface area contributed by atoms with Crippen molar-refractivity contribution in [1.82, 2.24) is 19.9 Å². The van der Waals surface area contributed by atoms with E-state index in [-0.39, 0.29) is 5.39 Å². The summed E-state index contributed by atoms with van der Waals surface area (Å²) >= 11 is 0. The van der Waals surface area contributed by atoms with Crippen LogP contribution in [0.25, 0.3) is 102 Å². The van der Waals surface area contributed by atoms with Crippen LogP contribution in [0.1, 0.15) is 22.8 Å². The van der Waals surface area contributed by atoms with Gasteiger partial charge in [-0.25, -0.2) is 9.97 Å². The van der Waals surface area contributed by atoms with Crippen LogP contribution in [-0.4, -0.2) is 33.9 Å². The summed E-state index contributed by atoms with van der Waals surface area (Å²) in [5, 5.41) is 0.629. The number of fused-ring (bicyclic) bond motifs is 9. The molecule has 292 valence electrons. The van der Waals surface area contributed by atoms with Crippen molar-refractivity contribution in [3.8, 4) is 50.3 Å². The van der Waals surface area contributed by atoms with Gasteiger partial charge in [-0.1, -0.05) is 121 Å². The second kappa shape index (κ2) is 14.4. The van der Waals surface area contributed by atoms with Crippen LogP contribution in [0.4, 0.5) is 13.2 Å². The van der Waals surface area contributed by atoms with Gasteiger partial charge in [-0.05, 0) is 82.3 Å². The van der Waals surface area contributed by atoms with Gasteiger partial charge in [-0.2, -0.15) is 21.6 Å². The SMILES string of the molecule is O=S(=O)(Oc1cccc2cccc(-c3c4nc(c(-c5ccccc5)c5ccc([nH]5)c(-c5ccccc5)c5nc(c(-c6ccccc6)c6ccc3[nH]6)C=C5)C=C4)c12)C(F)(F)F. The molecule has 0 radical (unpaired) electrons. The number of benzene rings is 5. The summed E-state index contributed by atoms with van der Waals surface area (Å²) in [7, 11) is -6.01. The number of nitrogens with one attached hydrogen (secondary N) is 2. The molecule has 0 unspecified atom stereocenters. The Labute approximate surface area is 342 Å². The first-order valence-electron chi connectivity index (χ1n) is 19.0. The molecule has 3 aromatic heterocycles. The number of aromatic amines is 2. The third-order valence-electron chi connectivity index (χ3n) is 10.6. The van der Waals surface area contributed by atoms with Crippen molar-refractivity contribution < 1.29 is 25.8 Å². The first-order valence-corrected chi connectivity index (χ1v) is 20.4. The number of rotatable bonds is 6. The lowest BCUT2D eigenvalue weighted by molar-refractivity contribution is -0.0499. The highest BCUT2D eigenvalue weighted by Gasteiger charge is 2.48. The molecule has 8 aromatic rings. The molecule has 0 atom stereocenters. The fraction of sp³-hybridized carbons (Fsp3) is 0.0204. The minimum absolute atomic E-state index is 0.165. The summed E-state index contributed by atoms with van der Waals surface area (Å²) in [4.78, 5) is 17.9. The van der Waals surface area contributed by atoms with Gasteiger partial charge in [0.25, 0.3) is 0 Å². The molecule has 0 fully saturated rings. The quantitative estimate of drug-likeness (QED) is 0.129. The van der Waals surface area contributed by atoms with Crippen molar-refractivity contribution in [1.29, 1.82) is 0 Å². The predicted molar refractivity (Wildman–Crippen MR) is 234 cm³/mol. The van der Waals surface area contributed by atoms with E-state index < -0.39 is 21.4 Å². The zero-order valence-corrected chi connectivity index (χ0v) is 32.2. The van der Waals surface area contributed by atoms with E-state index in [9.17, 15) is 21.6 Å². The van der Waals surface area contributed by atoms with Crippen LogP contribution in [0.5, 0.6) is 5.75 Å². The zero-order chi connectivity index (χ0) is 41.0. The van der Waals surface area contributed by atoms with Crippen molar-refractivity contribution in [2.45, 2.75) is 5.51 Å². The number of aromatic nitrogens is 4. The Morgan fingerprint density at radius 1 is 0.450 bits per heavy atom. The molecule has 8 bridgehead atoms. The molecule has 0 amide bonds. The zero-order valence-electron chi connectivity index (χ0n) is 31.4. The highest BCUT2D eigenvalue weighted by atomic mass is 32.2. The Hall–Kier alpha value is -7.50. The molecule has 5 aromatic carbocycles.